The van der Waals surface area contributed by atoms with Gasteiger partial charge in [-0.25, -0.2) is 4.68 Å². The molecule has 2 aromatic carbocycles. The van der Waals surface area contributed by atoms with Crippen LogP contribution in [0.1, 0.15) is 15.9 Å². The maximum Gasteiger partial charge on any atom is 0.252 e. The lowest BCUT2D eigenvalue weighted by Crippen LogP contribution is -2.26. The Kier molecular flexibility index (Phi) is 5.18. The van der Waals surface area contributed by atoms with E-state index in [1.807, 2.05) is 36.5 Å². The normalized spacial score (nSPS) is 10.6. The standard InChI is InChI=1S/C18H15Cl2N3O/c19-14-4-7-17(20)16(12-14)18(24)21-10-8-13-2-5-15(6-3-13)23-11-1-9-22-23/h1-7,9,11-12H,8,10H2,(H,21,24). The van der Waals surface area contributed by atoms with Crippen LogP contribution in [-0.4, -0.2) is 22.2 Å². The number of amides is 1. The number of aromatic nitrogens is 2. The molecule has 0 saturated carbocycles. The number of rotatable bonds is 5. The first-order valence-electron chi connectivity index (χ1n) is 7.46. The number of nitrogens with one attached hydrogen (secondary N) is 1. The van der Waals surface area contributed by atoms with E-state index in [4.69, 9.17) is 23.2 Å². The van der Waals surface area contributed by atoms with Crippen LogP contribution in [0.3, 0.4) is 0 Å². The van der Waals surface area contributed by atoms with Gasteiger partial charge in [0, 0.05) is 24.0 Å². The molecule has 0 fully saturated rings. The average Bonchev–Trinajstić information content (AvgIpc) is 3.12. The van der Waals surface area contributed by atoms with E-state index in [1.54, 1.807) is 29.1 Å². The third-order valence-electron chi connectivity index (χ3n) is 3.58. The van der Waals surface area contributed by atoms with Gasteiger partial charge in [0.25, 0.3) is 5.91 Å². The van der Waals surface area contributed by atoms with E-state index in [0.717, 1.165) is 17.7 Å². The molecule has 4 nitrogen and oxygen atoms in total. The van der Waals surface area contributed by atoms with Gasteiger partial charge >= 0.3 is 0 Å². The van der Waals surface area contributed by atoms with Gasteiger partial charge in [0.05, 0.1) is 16.3 Å². The fraction of sp³-hybridized carbons (Fsp3) is 0.111. The van der Waals surface area contributed by atoms with E-state index >= 15 is 0 Å². The maximum atomic E-state index is 12.2. The molecule has 0 radical (unpaired) electrons. The lowest BCUT2D eigenvalue weighted by molar-refractivity contribution is 0.0954. The molecule has 0 aliphatic heterocycles. The number of hydrogen-bond donors (Lipinski definition) is 1. The zero-order valence-electron chi connectivity index (χ0n) is 12.7. The lowest BCUT2D eigenvalue weighted by atomic mass is 10.1. The molecular formula is C18H15Cl2N3O. The average molecular weight is 360 g/mol. The van der Waals surface area contributed by atoms with Crippen molar-refractivity contribution in [2.24, 2.45) is 0 Å². The Morgan fingerprint density at radius 3 is 2.62 bits per heavy atom. The van der Waals surface area contributed by atoms with Gasteiger partial charge in [-0.1, -0.05) is 35.3 Å². The first-order chi connectivity index (χ1) is 11.6. The molecule has 0 spiro atoms. The first-order valence-corrected chi connectivity index (χ1v) is 8.21. The predicted octanol–water partition coefficient (Wildman–Crippen LogP) is 4.15. The van der Waals surface area contributed by atoms with E-state index < -0.39 is 0 Å². The van der Waals surface area contributed by atoms with Crippen molar-refractivity contribution in [3.63, 3.8) is 0 Å². The summed E-state index contributed by atoms with van der Waals surface area (Å²) < 4.78 is 1.80. The smallest absolute Gasteiger partial charge is 0.252 e. The number of benzene rings is 2. The number of nitrogens with zero attached hydrogens (tertiary/aromatic N) is 2. The van der Waals surface area contributed by atoms with Gasteiger partial charge in [0.15, 0.2) is 0 Å². The number of carbonyl (C=O) groups is 1. The highest BCUT2D eigenvalue weighted by atomic mass is 35.5. The first kappa shape index (κ1) is 16.6. The summed E-state index contributed by atoms with van der Waals surface area (Å²) in [5, 5.41) is 7.92. The molecule has 3 aromatic rings. The SMILES string of the molecule is O=C(NCCc1ccc(-n2cccn2)cc1)c1cc(Cl)ccc1Cl. The summed E-state index contributed by atoms with van der Waals surface area (Å²) in [4.78, 5) is 12.2. The fourth-order valence-electron chi connectivity index (χ4n) is 2.32. The van der Waals surface area contributed by atoms with Gasteiger partial charge in [0.2, 0.25) is 0 Å². The predicted molar refractivity (Wildman–Crippen MR) is 96.1 cm³/mol. The van der Waals surface area contributed by atoms with Crippen molar-refractivity contribution in [2.45, 2.75) is 6.42 Å². The molecular weight excluding hydrogens is 345 g/mol. The molecule has 0 aliphatic rings. The highest BCUT2D eigenvalue weighted by Gasteiger charge is 2.10. The Morgan fingerprint density at radius 1 is 1.12 bits per heavy atom. The fourth-order valence-corrected chi connectivity index (χ4v) is 2.70. The van der Waals surface area contributed by atoms with Gasteiger partial charge in [0.1, 0.15) is 0 Å². The summed E-state index contributed by atoms with van der Waals surface area (Å²) in [6.45, 7) is 0.517. The van der Waals surface area contributed by atoms with Crippen molar-refractivity contribution in [1.29, 1.82) is 0 Å². The third kappa shape index (κ3) is 3.96. The molecule has 0 aliphatic carbocycles. The quantitative estimate of drug-likeness (QED) is 0.743. The Morgan fingerprint density at radius 2 is 1.92 bits per heavy atom. The van der Waals surface area contributed by atoms with E-state index in [-0.39, 0.29) is 5.91 Å². The highest BCUT2D eigenvalue weighted by Crippen LogP contribution is 2.20. The van der Waals surface area contributed by atoms with E-state index in [2.05, 4.69) is 10.4 Å². The van der Waals surface area contributed by atoms with Crippen molar-refractivity contribution in [2.75, 3.05) is 6.54 Å². The van der Waals surface area contributed by atoms with Crippen molar-refractivity contribution in [3.05, 3.63) is 82.1 Å². The zero-order chi connectivity index (χ0) is 16.9. The topological polar surface area (TPSA) is 46.9 Å². The third-order valence-corrected chi connectivity index (χ3v) is 4.14. The van der Waals surface area contributed by atoms with E-state index in [1.165, 1.54) is 0 Å². The maximum absolute atomic E-state index is 12.2. The molecule has 1 amide bonds. The highest BCUT2D eigenvalue weighted by molar-refractivity contribution is 6.35. The summed E-state index contributed by atoms with van der Waals surface area (Å²) in [6.07, 6.45) is 4.36. The molecule has 1 aromatic heterocycles. The second kappa shape index (κ2) is 7.51. The summed E-state index contributed by atoms with van der Waals surface area (Å²) >= 11 is 11.9. The Bertz CT molecular complexity index is 830. The van der Waals surface area contributed by atoms with Crippen LogP contribution in [0.25, 0.3) is 5.69 Å². The Balaban J connectivity index is 1.56. The van der Waals surface area contributed by atoms with Gasteiger partial charge in [-0.05, 0) is 48.4 Å². The molecule has 0 atom stereocenters. The van der Waals surface area contributed by atoms with Crippen LogP contribution >= 0.6 is 23.2 Å². The van der Waals surface area contributed by atoms with Gasteiger partial charge in [-0.15, -0.1) is 0 Å². The number of carbonyl (C=O) groups excluding carboxylic acids is 1. The summed E-state index contributed by atoms with van der Waals surface area (Å²) in [5.74, 6) is -0.226. The number of hydrogen-bond acceptors (Lipinski definition) is 2. The molecule has 1 N–H and O–H groups in total. The van der Waals surface area contributed by atoms with E-state index in [0.29, 0.717) is 22.2 Å². The van der Waals surface area contributed by atoms with Crippen molar-refractivity contribution in [3.8, 4) is 5.69 Å². The monoisotopic (exact) mass is 359 g/mol. The molecule has 6 heteroatoms. The largest absolute Gasteiger partial charge is 0.352 e. The minimum Gasteiger partial charge on any atom is -0.352 e. The molecule has 122 valence electrons. The van der Waals surface area contributed by atoms with Crippen LogP contribution in [0.5, 0.6) is 0 Å². The lowest BCUT2D eigenvalue weighted by Gasteiger charge is -2.08. The minimum absolute atomic E-state index is 0.226. The van der Waals surface area contributed by atoms with Crippen LogP contribution in [-0.2, 0) is 6.42 Å². The Labute approximate surface area is 150 Å². The minimum atomic E-state index is -0.226. The van der Waals surface area contributed by atoms with Gasteiger partial charge in [-0.3, -0.25) is 4.79 Å². The van der Waals surface area contributed by atoms with Crippen LogP contribution in [0.15, 0.2) is 60.9 Å². The van der Waals surface area contributed by atoms with Crippen LogP contribution in [0.2, 0.25) is 10.0 Å². The number of halogens is 2. The van der Waals surface area contributed by atoms with Crippen LogP contribution < -0.4 is 5.32 Å². The molecule has 0 unspecified atom stereocenters. The summed E-state index contributed by atoms with van der Waals surface area (Å²) in [5.41, 5.74) is 2.51. The van der Waals surface area contributed by atoms with Crippen molar-refractivity contribution in [1.82, 2.24) is 15.1 Å². The second-order valence-electron chi connectivity index (χ2n) is 5.25. The second-order valence-corrected chi connectivity index (χ2v) is 6.09. The molecule has 0 saturated heterocycles. The van der Waals surface area contributed by atoms with Crippen molar-refractivity contribution >= 4 is 29.1 Å². The zero-order valence-corrected chi connectivity index (χ0v) is 14.3. The van der Waals surface area contributed by atoms with Gasteiger partial charge < -0.3 is 5.32 Å². The summed E-state index contributed by atoms with van der Waals surface area (Å²) in [7, 11) is 0. The molecule has 24 heavy (non-hydrogen) atoms. The summed E-state index contributed by atoms with van der Waals surface area (Å²) in [6, 6.07) is 14.8. The van der Waals surface area contributed by atoms with Gasteiger partial charge in [-0.2, -0.15) is 5.10 Å². The van der Waals surface area contributed by atoms with Crippen LogP contribution in [0, 0.1) is 0 Å². The Hall–Kier alpha value is -2.30. The van der Waals surface area contributed by atoms with Crippen LogP contribution in [0.4, 0.5) is 0 Å². The molecule has 1 heterocycles. The molecule has 3 rings (SSSR count). The molecule has 0 bridgehead atoms. The van der Waals surface area contributed by atoms with Crippen molar-refractivity contribution < 1.29 is 4.79 Å². The van der Waals surface area contributed by atoms with E-state index in [9.17, 15) is 4.79 Å².